The summed E-state index contributed by atoms with van der Waals surface area (Å²) >= 11 is 0. The topological polar surface area (TPSA) is 105 Å². The molecule has 1 amide bonds. The minimum atomic E-state index is -3.33. The Balaban J connectivity index is 1.68. The summed E-state index contributed by atoms with van der Waals surface area (Å²) in [5.74, 6) is -0.673. The second kappa shape index (κ2) is 7.73. The fourth-order valence-corrected chi connectivity index (χ4v) is 3.31. The van der Waals surface area contributed by atoms with Gasteiger partial charge < -0.3 is 9.73 Å². The molecule has 0 aliphatic rings. The summed E-state index contributed by atoms with van der Waals surface area (Å²) in [6, 6.07) is 14.7. The first-order valence-electron chi connectivity index (χ1n) is 8.18. The molecule has 140 valence electrons. The lowest BCUT2D eigenvalue weighted by Gasteiger charge is -2.07. The van der Waals surface area contributed by atoms with Crippen molar-refractivity contribution < 1.29 is 17.6 Å². The number of carbonyl (C=O) groups excluding carboxylic acids is 1. The number of para-hydroxylation sites is 1. The summed E-state index contributed by atoms with van der Waals surface area (Å²) in [6.45, 7) is 0.217. The Bertz CT molecular complexity index is 1130. The molecule has 3 rings (SSSR count). The van der Waals surface area contributed by atoms with Crippen molar-refractivity contribution in [1.29, 1.82) is 0 Å². The van der Waals surface area contributed by atoms with Gasteiger partial charge in [0.25, 0.3) is 5.91 Å². The van der Waals surface area contributed by atoms with Crippen molar-refractivity contribution in [1.82, 2.24) is 10.0 Å². The molecule has 0 aliphatic carbocycles. The van der Waals surface area contributed by atoms with Gasteiger partial charge >= 0.3 is 0 Å². The molecular weight excluding hydrogens is 368 g/mol. The van der Waals surface area contributed by atoms with Crippen molar-refractivity contribution in [3.05, 3.63) is 81.7 Å². The van der Waals surface area contributed by atoms with Gasteiger partial charge in [-0.1, -0.05) is 36.4 Å². The molecule has 1 heterocycles. The quantitative estimate of drug-likeness (QED) is 0.672. The fraction of sp³-hybridized carbons (Fsp3) is 0.158. The Kier molecular flexibility index (Phi) is 5.38. The molecule has 3 aromatic rings. The van der Waals surface area contributed by atoms with Crippen LogP contribution in [0.25, 0.3) is 11.0 Å². The van der Waals surface area contributed by atoms with E-state index in [-0.39, 0.29) is 23.5 Å². The average molecular weight is 386 g/mol. The third kappa shape index (κ3) is 4.60. The van der Waals surface area contributed by atoms with E-state index in [1.165, 1.54) is 13.1 Å². The van der Waals surface area contributed by atoms with Crippen molar-refractivity contribution in [2.45, 2.75) is 12.3 Å². The first-order chi connectivity index (χ1) is 12.9. The Morgan fingerprint density at radius 3 is 2.41 bits per heavy atom. The number of sulfonamides is 1. The van der Waals surface area contributed by atoms with Crippen LogP contribution in [0.1, 0.15) is 21.7 Å². The molecule has 0 atom stereocenters. The first kappa shape index (κ1) is 18.8. The van der Waals surface area contributed by atoms with Crippen LogP contribution in [0.15, 0.2) is 63.8 Å². The maximum absolute atomic E-state index is 12.3. The van der Waals surface area contributed by atoms with Gasteiger partial charge in [-0.25, -0.2) is 13.1 Å². The maximum atomic E-state index is 12.3. The normalized spacial score (nSPS) is 11.4. The monoisotopic (exact) mass is 386 g/mol. The van der Waals surface area contributed by atoms with Gasteiger partial charge in [0.15, 0.2) is 11.2 Å². The molecule has 0 saturated carbocycles. The molecule has 8 heteroatoms. The van der Waals surface area contributed by atoms with Crippen LogP contribution < -0.4 is 15.5 Å². The zero-order valence-electron chi connectivity index (χ0n) is 14.6. The summed E-state index contributed by atoms with van der Waals surface area (Å²) in [5.41, 5.74) is 1.50. The summed E-state index contributed by atoms with van der Waals surface area (Å²) in [5, 5.41) is 3.10. The van der Waals surface area contributed by atoms with E-state index in [2.05, 4.69) is 10.0 Å². The van der Waals surface area contributed by atoms with Crippen LogP contribution in [-0.4, -0.2) is 21.4 Å². The Hall–Kier alpha value is -2.97. The highest BCUT2D eigenvalue weighted by Gasteiger charge is 2.12. The van der Waals surface area contributed by atoms with Crippen LogP contribution in [0.4, 0.5) is 0 Å². The molecule has 0 unspecified atom stereocenters. The second-order valence-electron chi connectivity index (χ2n) is 5.93. The molecule has 1 aromatic heterocycles. The minimum Gasteiger partial charge on any atom is -0.451 e. The van der Waals surface area contributed by atoms with E-state index in [4.69, 9.17) is 4.42 Å². The predicted molar refractivity (Wildman–Crippen MR) is 102 cm³/mol. The number of hydrogen-bond donors (Lipinski definition) is 2. The van der Waals surface area contributed by atoms with E-state index in [0.717, 1.165) is 5.56 Å². The van der Waals surface area contributed by atoms with Gasteiger partial charge in [-0.15, -0.1) is 0 Å². The molecule has 2 N–H and O–H groups in total. The minimum absolute atomic E-state index is 0.0598. The van der Waals surface area contributed by atoms with Crippen LogP contribution in [0.5, 0.6) is 0 Å². The molecule has 2 aromatic carbocycles. The van der Waals surface area contributed by atoms with Crippen LogP contribution in [0, 0.1) is 0 Å². The summed E-state index contributed by atoms with van der Waals surface area (Å²) in [4.78, 5) is 24.3. The van der Waals surface area contributed by atoms with Crippen molar-refractivity contribution in [2.75, 3.05) is 7.05 Å². The van der Waals surface area contributed by atoms with Crippen molar-refractivity contribution >= 4 is 26.9 Å². The van der Waals surface area contributed by atoms with Crippen molar-refractivity contribution in [3.63, 3.8) is 0 Å². The van der Waals surface area contributed by atoms with Gasteiger partial charge in [0, 0.05) is 12.6 Å². The number of nitrogens with one attached hydrogen (secondary N) is 2. The number of rotatable bonds is 6. The summed E-state index contributed by atoms with van der Waals surface area (Å²) < 4.78 is 30.8. The maximum Gasteiger partial charge on any atom is 0.287 e. The van der Waals surface area contributed by atoms with Crippen LogP contribution >= 0.6 is 0 Å². The molecule has 0 bridgehead atoms. The average Bonchev–Trinajstić information content (AvgIpc) is 2.67. The third-order valence-corrected chi connectivity index (χ3v) is 5.34. The fourth-order valence-electron chi connectivity index (χ4n) is 2.53. The Morgan fingerprint density at radius 1 is 1.04 bits per heavy atom. The largest absolute Gasteiger partial charge is 0.451 e. The van der Waals surface area contributed by atoms with Gasteiger partial charge in [-0.2, -0.15) is 0 Å². The first-order valence-corrected chi connectivity index (χ1v) is 9.83. The van der Waals surface area contributed by atoms with Gasteiger partial charge in [0.2, 0.25) is 10.0 Å². The number of hydrogen-bond acceptors (Lipinski definition) is 5. The Morgan fingerprint density at radius 2 is 1.70 bits per heavy atom. The summed E-state index contributed by atoms with van der Waals surface area (Å²) in [6.07, 6.45) is 0. The lowest BCUT2D eigenvalue weighted by atomic mass is 10.1. The van der Waals surface area contributed by atoms with Crippen LogP contribution in [0.2, 0.25) is 0 Å². The van der Waals surface area contributed by atoms with Crippen molar-refractivity contribution in [2.24, 2.45) is 0 Å². The molecule has 0 spiro atoms. The number of fused-ring (bicyclic) bond motifs is 1. The molecule has 0 fully saturated rings. The van der Waals surface area contributed by atoms with Gasteiger partial charge in [0.05, 0.1) is 11.1 Å². The van der Waals surface area contributed by atoms with Gasteiger partial charge in [0.1, 0.15) is 5.58 Å². The second-order valence-corrected chi connectivity index (χ2v) is 7.86. The molecule has 0 saturated heterocycles. The zero-order valence-corrected chi connectivity index (χ0v) is 15.4. The predicted octanol–water partition coefficient (Wildman–Crippen LogP) is 1.77. The highest BCUT2D eigenvalue weighted by molar-refractivity contribution is 7.88. The molecule has 0 radical (unpaired) electrons. The number of carbonyl (C=O) groups is 1. The van der Waals surface area contributed by atoms with E-state index >= 15 is 0 Å². The van der Waals surface area contributed by atoms with E-state index < -0.39 is 15.9 Å². The smallest absolute Gasteiger partial charge is 0.287 e. The van der Waals surface area contributed by atoms with E-state index in [1.54, 1.807) is 48.5 Å². The number of benzene rings is 2. The highest BCUT2D eigenvalue weighted by Crippen LogP contribution is 2.12. The number of amides is 1. The summed E-state index contributed by atoms with van der Waals surface area (Å²) in [7, 11) is -1.97. The lowest BCUT2D eigenvalue weighted by molar-refractivity contribution is 0.0923. The molecule has 0 aliphatic heterocycles. The van der Waals surface area contributed by atoms with Gasteiger partial charge in [-0.05, 0) is 30.3 Å². The molecule has 27 heavy (non-hydrogen) atoms. The highest BCUT2D eigenvalue weighted by atomic mass is 32.2. The standard InChI is InChI=1S/C19H18N2O5S/c1-20-27(24,25)12-14-8-6-13(7-9-14)11-21-19(23)18-10-16(22)15-4-2-3-5-17(15)26-18/h2-10,20H,11-12H2,1H3,(H,21,23). The zero-order chi connectivity index (χ0) is 19.4. The lowest BCUT2D eigenvalue weighted by Crippen LogP contribution is -2.24. The van der Waals surface area contributed by atoms with Crippen LogP contribution in [0.3, 0.4) is 0 Å². The SMILES string of the molecule is CNS(=O)(=O)Cc1ccc(CNC(=O)c2cc(=O)c3ccccc3o2)cc1. The third-order valence-electron chi connectivity index (χ3n) is 4.00. The van der Waals surface area contributed by atoms with E-state index in [0.29, 0.717) is 16.5 Å². The van der Waals surface area contributed by atoms with Crippen molar-refractivity contribution in [3.8, 4) is 0 Å². The Labute approximate surface area is 156 Å². The van der Waals surface area contributed by atoms with E-state index in [1.807, 2.05) is 0 Å². The molecular formula is C19H18N2O5S. The molecule has 7 nitrogen and oxygen atoms in total. The van der Waals surface area contributed by atoms with E-state index in [9.17, 15) is 18.0 Å². The van der Waals surface area contributed by atoms with Crippen LogP contribution in [-0.2, 0) is 22.3 Å². The van der Waals surface area contributed by atoms with Gasteiger partial charge in [-0.3, -0.25) is 9.59 Å².